The second kappa shape index (κ2) is 7.25. The highest BCUT2D eigenvalue weighted by Gasteiger charge is 2.33. The molecule has 27 heavy (non-hydrogen) atoms. The molecule has 0 aliphatic carbocycles. The van der Waals surface area contributed by atoms with Gasteiger partial charge in [0.15, 0.2) is 5.78 Å². The predicted octanol–water partition coefficient (Wildman–Crippen LogP) is 2.59. The van der Waals surface area contributed by atoms with Crippen LogP contribution < -0.4 is 9.62 Å². The van der Waals surface area contributed by atoms with Crippen LogP contribution in [0.1, 0.15) is 34.8 Å². The van der Waals surface area contributed by atoms with Gasteiger partial charge in [-0.2, -0.15) is 0 Å². The fourth-order valence-corrected chi connectivity index (χ4v) is 4.31. The maximum atomic E-state index is 12.6. The lowest BCUT2D eigenvalue weighted by molar-refractivity contribution is -0.117. The van der Waals surface area contributed by atoms with Crippen LogP contribution in [0.15, 0.2) is 47.4 Å². The largest absolute Gasteiger partial charge is 0.311 e. The minimum atomic E-state index is -3.77. The average molecular weight is 386 g/mol. The van der Waals surface area contributed by atoms with E-state index in [0.29, 0.717) is 5.56 Å². The highest BCUT2D eigenvalue weighted by Crippen LogP contribution is 2.25. The first-order chi connectivity index (χ1) is 12.7. The lowest BCUT2D eigenvalue weighted by Gasteiger charge is -2.18. The first-order valence-electron chi connectivity index (χ1n) is 8.68. The second-order valence-corrected chi connectivity index (χ2v) is 8.59. The summed E-state index contributed by atoms with van der Waals surface area (Å²) in [7, 11) is -3.77. The molecule has 0 spiro atoms. The van der Waals surface area contributed by atoms with Crippen molar-refractivity contribution in [2.75, 3.05) is 11.4 Å². The molecule has 6 nitrogen and oxygen atoms in total. The van der Waals surface area contributed by atoms with E-state index in [9.17, 15) is 18.0 Å². The number of Topliss-reactive ketones (excluding diaryl/α,β-unsaturated/α-hetero) is 1. The SMILES string of the molecule is CC(=O)c1ccc(S(=O)(=O)N[C@H]2CC(=O)N(c3ccc(C)c(C)c3)C2)cc1. The minimum Gasteiger partial charge on any atom is -0.311 e. The molecule has 3 rings (SSSR count). The van der Waals surface area contributed by atoms with E-state index in [1.807, 2.05) is 32.0 Å². The van der Waals surface area contributed by atoms with E-state index in [1.165, 1.54) is 31.2 Å². The molecular formula is C20H22N2O4S. The number of benzene rings is 2. The van der Waals surface area contributed by atoms with Crippen LogP contribution in [-0.2, 0) is 14.8 Å². The lowest BCUT2D eigenvalue weighted by Crippen LogP contribution is -2.37. The Morgan fingerprint density at radius 2 is 1.74 bits per heavy atom. The fraction of sp³-hybridized carbons (Fsp3) is 0.300. The molecule has 1 amide bonds. The molecule has 1 N–H and O–H groups in total. The van der Waals surface area contributed by atoms with E-state index in [1.54, 1.807) is 4.90 Å². The standard InChI is InChI=1S/C20H22N2O4S/c1-13-4-7-18(10-14(13)2)22-12-17(11-20(22)24)21-27(25,26)19-8-5-16(6-9-19)15(3)23/h4-10,17,21H,11-12H2,1-3H3/t17-/m0/s1. The summed E-state index contributed by atoms with van der Waals surface area (Å²) in [4.78, 5) is 25.4. The van der Waals surface area contributed by atoms with Crippen molar-refractivity contribution in [2.45, 2.75) is 38.1 Å². The Morgan fingerprint density at radius 3 is 2.33 bits per heavy atom. The van der Waals surface area contributed by atoms with Gasteiger partial charge in [-0.15, -0.1) is 0 Å². The molecule has 1 atom stereocenters. The maximum Gasteiger partial charge on any atom is 0.240 e. The molecule has 1 aliphatic heterocycles. The number of carbonyl (C=O) groups excluding carboxylic acids is 2. The van der Waals surface area contributed by atoms with Crippen LogP contribution in [0.2, 0.25) is 0 Å². The third kappa shape index (κ3) is 4.09. The van der Waals surface area contributed by atoms with Gasteiger partial charge in [0.25, 0.3) is 0 Å². The van der Waals surface area contributed by atoms with Crippen LogP contribution in [0.4, 0.5) is 5.69 Å². The van der Waals surface area contributed by atoms with Crippen molar-refractivity contribution in [1.82, 2.24) is 4.72 Å². The Labute approximate surface area is 159 Å². The molecule has 0 unspecified atom stereocenters. The Kier molecular flexibility index (Phi) is 5.17. The van der Waals surface area contributed by atoms with Crippen molar-refractivity contribution in [3.8, 4) is 0 Å². The van der Waals surface area contributed by atoms with E-state index in [2.05, 4.69) is 4.72 Å². The summed E-state index contributed by atoms with van der Waals surface area (Å²) in [6, 6.07) is 11.0. The van der Waals surface area contributed by atoms with Crippen LogP contribution in [0.3, 0.4) is 0 Å². The zero-order valence-electron chi connectivity index (χ0n) is 15.5. The number of anilines is 1. The van der Waals surface area contributed by atoms with Crippen molar-refractivity contribution in [2.24, 2.45) is 0 Å². The number of rotatable bonds is 5. The van der Waals surface area contributed by atoms with Crippen molar-refractivity contribution in [1.29, 1.82) is 0 Å². The summed E-state index contributed by atoms with van der Waals surface area (Å²) in [6.07, 6.45) is 0.109. The predicted molar refractivity (Wildman–Crippen MR) is 103 cm³/mol. The second-order valence-electron chi connectivity index (χ2n) is 6.88. The first-order valence-corrected chi connectivity index (χ1v) is 10.2. The van der Waals surface area contributed by atoms with Crippen molar-refractivity contribution in [3.63, 3.8) is 0 Å². The third-order valence-electron chi connectivity index (χ3n) is 4.82. The summed E-state index contributed by atoms with van der Waals surface area (Å²) in [5.74, 6) is -0.241. The summed E-state index contributed by atoms with van der Waals surface area (Å²) in [6.45, 7) is 5.68. The molecule has 2 aromatic carbocycles. The number of amides is 1. The van der Waals surface area contributed by atoms with Crippen LogP contribution in [0, 0.1) is 13.8 Å². The normalized spacial score (nSPS) is 17.4. The highest BCUT2D eigenvalue weighted by molar-refractivity contribution is 7.89. The Bertz CT molecular complexity index is 997. The van der Waals surface area contributed by atoms with E-state index in [-0.39, 0.29) is 29.6 Å². The minimum absolute atomic E-state index is 0.0737. The molecule has 0 aromatic heterocycles. The summed E-state index contributed by atoms with van der Waals surface area (Å²) in [5.41, 5.74) is 3.44. The Morgan fingerprint density at radius 1 is 1.07 bits per heavy atom. The van der Waals surface area contributed by atoms with Gasteiger partial charge < -0.3 is 4.90 Å². The quantitative estimate of drug-likeness (QED) is 0.801. The van der Waals surface area contributed by atoms with E-state index >= 15 is 0 Å². The molecule has 1 fully saturated rings. The third-order valence-corrected chi connectivity index (χ3v) is 6.36. The number of sulfonamides is 1. The number of aryl methyl sites for hydroxylation is 2. The molecule has 1 aliphatic rings. The number of hydrogen-bond donors (Lipinski definition) is 1. The van der Waals surface area contributed by atoms with Gasteiger partial charge >= 0.3 is 0 Å². The molecular weight excluding hydrogens is 364 g/mol. The number of carbonyl (C=O) groups is 2. The van der Waals surface area contributed by atoms with Gasteiger partial charge in [0.2, 0.25) is 15.9 Å². The number of ketones is 1. The monoisotopic (exact) mass is 386 g/mol. The van der Waals surface area contributed by atoms with E-state index in [0.717, 1.165) is 16.8 Å². The zero-order chi connectivity index (χ0) is 19.8. The zero-order valence-corrected chi connectivity index (χ0v) is 16.3. The smallest absolute Gasteiger partial charge is 0.240 e. The number of nitrogens with one attached hydrogen (secondary N) is 1. The van der Waals surface area contributed by atoms with Gasteiger partial charge in [0, 0.05) is 30.3 Å². The molecule has 2 aromatic rings. The lowest BCUT2D eigenvalue weighted by atomic mass is 10.1. The van der Waals surface area contributed by atoms with Gasteiger partial charge in [0.1, 0.15) is 0 Å². The molecule has 7 heteroatoms. The number of hydrogen-bond acceptors (Lipinski definition) is 4. The van der Waals surface area contributed by atoms with Gasteiger partial charge in [-0.1, -0.05) is 18.2 Å². The van der Waals surface area contributed by atoms with Crippen molar-refractivity contribution in [3.05, 3.63) is 59.2 Å². The maximum absolute atomic E-state index is 12.6. The van der Waals surface area contributed by atoms with Crippen LogP contribution >= 0.6 is 0 Å². The summed E-state index contributed by atoms with van der Waals surface area (Å²) >= 11 is 0. The van der Waals surface area contributed by atoms with E-state index in [4.69, 9.17) is 0 Å². The Balaban J connectivity index is 1.75. The fourth-order valence-electron chi connectivity index (χ4n) is 3.09. The number of nitrogens with zero attached hydrogens (tertiary/aromatic N) is 1. The Hall–Kier alpha value is -2.51. The van der Waals surface area contributed by atoms with Crippen molar-refractivity contribution >= 4 is 27.4 Å². The van der Waals surface area contributed by atoms with E-state index < -0.39 is 16.1 Å². The molecule has 1 heterocycles. The van der Waals surface area contributed by atoms with Crippen molar-refractivity contribution < 1.29 is 18.0 Å². The summed E-state index contributed by atoms with van der Waals surface area (Å²) < 4.78 is 27.8. The topological polar surface area (TPSA) is 83.5 Å². The highest BCUT2D eigenvalue weighted by atomic mass is 32.2. The molecule has 0 saturated carbocycles. The molecule has 142 valence electrons. The summed E-state index contributed by atoms with van der Waals surface area (Å²) in [5, 5.41) is 0. The van der Waals surface area contributed by atoms with Gasteiger partial charge in [0.05, 0.1) is 4.90 Å². The average Bonchev–Trinajstić information content (AvgIpc) is 2.97. The molecule has 1 saturated heterocycles. The van der Waals surface area contributed by atoms with Crippen LogP contribution in [0.25, 0.3) is 0 Å². The van der Waals surface area contributed by atoms with Gasteiger partial charge in [-0.05, 0) is 56.2 Å². The van der Waals surface area contributed by atoms with Gasteiger partial charge in [-0.3, -0.25) is 9.59 Å². The first kappa shape index (κ1) is 19.3. The van der Waals surface area contributed by atoms with Gasteiger partial charge in [-0.25, -0.2) is 13.1 Å². The van der Waals surface area contributed by atoms with Crippen LogP contribution in [0.5, 0.6) is 0 Å². The van der Waals surface area contributed by atoms with Crippen LogP contribution in [-0.4, -0.2) is 32.7 Å². The molecule has 0 bridgehead atoms. The molecule has 0 radical (unpaired) electrons.